The minimum absolute atomic E-state index is 0.0812. The number of aromatic nitrogens is 2. The first-order valence-electron chi connectivity index (χ1n) is 8.32. The van der Waals surface area contributed by atoms with Crippen LogP contribution in [0.4, 0.5) is 0 Å². The molecule has 0 radical (unpaired) electrons. The Morgan fingerprint density at radius 2 is 2.33 bits per heavy atom. The number of ether oxygens (including phenoxy) is 1. The summed E-state index contributed by atoms with van der Waals surface area (Å²) in [7, 11) is 0. The van der Waals surface area contributed by atoms with Crippen LogP contribution in [0.2, 0.25) is 5.02 Å². The highest BCUT2D eigenvalue weighted by Gasteiger charge is 2.63. The standard InChI is InChI=1S/C17H18ClN3O3/c18-10-1-2-15-19-13(7-20(15)5-10)16(23)21-6-12-11(8-22)14-3-4-17(12,9-21)24-14/h1-2,5,7,11-12,14,22H,3-4,6,8-9H2/t11-,12+,14+,17+/m1/s1. The van der Waals surface area contributed by atoms with Crippen molar-refractivity contribution in [2.24, 2.45) is 11.8 Å². The van der Waals surface area contributed by atoms with Crippen LogP contribution in [0.25, 0.3) is 5.65 Å². The van der Waals surface area contributed by atoms with E-state index >= 15 is 0 Å². The van der Waals surface area contributed by atoms with Crippen molar-refractivity contribution in [1.82, 2.24) is 14.3 Å². The number of rotatable bonds is 2. The molecule has 5 heterocycles. The van der Waals surface area contributed by atoms with Gasteiger partial charge < -0.3 is 19.1 Å². The minimum Gasteiger partial charge on any atom is -0.396 e. The van der Waals surface area contributed by atoms with Crippen molar-refractivity contribution in [2.45, 2.75) is 24.5 Å². The first kappa shape index (κ1) is 14.7. The third kappa shape index (κ3) is 1.90. The van der Waals surface area contributed by atoms with Crippen LogP contribution in [0, 0.1) is 11.8 Å². The van der Waals surface area contributed by atoms with Crippen molar-refractivity contribution in [3.63, 3.8) is 0 Å². The zero-order valence-electron chi connectivity index (χ0n) is 13.1. The lowest BCUT2D eigenvalue weighted by Gasteiger charge is -2.27. The molecule has 24 heavy (non-hydrogen) atoms. The van der Waals surface area contributed by atoms with E-state index in [1.54, 1.807) is 28.9 Å². The highest BCUT2D eigenvalue weighted by molar-refractivity contribution is 6.30. The number of aliphatic hydroxyl groups is 1. The van der Waals surface area contributed by atoms with Crippen molar-refractivity contribution in [1.29, 1.82) is 0 Å². The Morgan fingerprint density at radius 3 is 3.17 bits per heavy atom. The van der Waals surface area contributed by atoms with E-state index in [0.717, 1.165) is 12.8 Å². The van der Waals surface area contributed by atoms with E-state index in [9.17, 15) is 9.90 Å². The van der Waals surface area contributed by atoms with E-state index in [1.807, 2.05) is 4.90 Å². The van der Waals surface area contributed by atoms with Gasteiger partial charge in [0.15, 0.2) is 0 Å². The fourth-order valence-corrected chi connectivity index (χ4v) is 4.99. The monoisotopic (exact) mass is 347 g/mol. The summed E-state index contributed by atoms with van der Waals surface area (Å²) < 4.78 is 7.95. The van der Waals surface area contributed by atoms with Crippen molar-refractivity contribution in [3.05, 3.63) is 35.2 Å². The Morgan fingerprint density at radius 1 is 1.46 bits per heavy atom. The molecule has 1 spiro atoms. The van der Waals surface area contributed by atoms with Gasteiger partial charge in [-0.2, -0.15) is 0 Å². The van der Waals surface area contributed by atoms with Crippen molar-refractivity contribution >= 4 is 23.2 Å². The molecule has 6 nitrogen and oxygen atoms in total. The van der Waals surface area contributed by atoms with Crippen LogP contribution in [0.15, 0.2) is 24.5 Å². The number of imidazole rings is 1. The molecule has 4 atom stereocenters. The smallest absolute Gasteiger partial charge is 0.274 e. The van der Waals surface area contributed by atoms with Crippen LogP contribution in [-0.4, -0.2) is 56.7 Å². The molecular formula is C17H18ClN3O3. The normalized spacial score (nSPS) is 34.2. The Labute approximate surface area is 144 Å². The molecule has 3 aliphatic heterocycles. The lowest BCUT2D eigenvalue weighted by Crippen LogP contribution is -2.38. The maximum Gasteiger partial charge on any atom is 0.274 e. The number of fused-ring (bicyclic) bond motifs is 2. The first-order chi connectivity index (χ1) is 11.6. The molecule has 3 fully saturated rings. The number of aliphatic hydroxyl groups excluding tert-OH is 1. The van der Waals surface area contributed by atoms with Gasteiger partial charge in [0.05, 0.1) is 23.3 Å². The van der Waals surface area contributed by atoms with E-state index < -0.39 is 0 Å². The molecule has 3 saturated heterocycles. The highest BCUT2D eigenvalue weighted by atomic mass is 35.5. The van der Waals surface area contributed by atoms with Crippen LogP contribution in [0.1, 0.15) is 23.3 Å². The van der Waals surface area contributed by atoms with Crippen LogP contribution in [0.3, 0.4) is 0 Å². The van der Waals surface area contributed by atoms with Crippen molar-refractivity contribution < 1.29 is 14.6 Å². The number of halogens is 1. The van der Waals surface area contributed by atoms with Crippen LogP contribution in [0.5, 0.6) is 0 Å². The largest absolute Gasteiger partial charge is 0.396 e. The molecular weight excluding hydrogens is 330 g/mol. The van der Waals surface area contributed by atoms with Gasteiger partial charge in [-0.15, -0.1) is 0 Å². The van der Waals surface area contributed by atoms with Crippen LogP contribution in [-0.2, 0) is 4.74 Å². The second-order valence-corrected chi connectivity index (χ2v) is 7.57. The number of amides is 1. The fourth-order valence-electron chi connectivity index (χ4n) is 4.82. The van der Waals surface area contributed by atoms with E-state index in [2.05, 4.69) is 4.98 Å². The third-order valence-electron chi connectivity index (χ3n) is 5.92. The van der Waals surface area contributed by atoms with E-state index in [4.69, 9.17) is 16.3 Å². The third-order valence-corrected chi connectivity index (χ3v) is 6.14. The Bertz CT molecular complexity index is 838. The topological polar surface area (TPSA) is 67.1 Å². The van der Waals surface area contributed by atoms with Gasteiger partial charge in [0.25, 0.3) is 5.91 Å². The summed E-state index contributed by atoms with van der Waals surface area (Å²) in [5.74, 6) is 0.301. The zero-order chi connectivity index (χ0) is 16.5. The average Bonchev–Trinajstić information content (AvgIpc) is 3.30. The summed E-state index contributed by atoms with van der Waals surface area (Å²) >= 11 is 5.99. The summed E-state index contributed by atoms with van der Waals surface area (Å²) in [5.41, 5.74) is 0.866. The number of pyridine rings is 1. The predicted molar refractivity (Wildman–Crippen MR) is 87.0 cm³/mol. The summed E-state index contributed by atoms with van der Waals surface area (Å²) in [6, 6.07) is 3.55. The fraction of sp³-hybridized carbons (Fsp3) is 0.529. The molecule has 3 aliphatic rings. The van der Waals surface area contributed by atoms with Gasteiger partial charge in [-0.25, -0.2) is 4.98 Å². The molecule has 0 aromatic carbocycles. The molecule has 0 saturated carbocycles. The summed E-state index contributed by atoms with van der Waals surface area (Å²) in [6.07, 6.45) is 5.58. The molecule has 2 aromatic heterocycles. The first-order valence-corrected chi connectivity index (χ1v) is 8.70. The van der Waals surface area contributed by atoms with E-state index in [-0.39, 0.29) is 36.1 Å². The van der Waals surface area contributed by atoms with Gasteiger partial charge in [-0.1, -0.05) is 11.6 Å². The Balaban J connectivity index is 1.43. The van der Waals surface area contributed by atoms with Gasteiger partial charge in [-0.05, 0) is 25.0 Å². The van der Waals surface area contributed by atoms with E-state index in [1.165, 1.54) is 0 Å². The van der Waals surface area contributed by atoms with Crippen molar-refractivity contribution in [2.75, 3.05) is 19.7 Å². The average molecular weight is 348 g/mol. The van der Waals surface area contributed by atoms with Crippen LogP contribution < -0.4 is 0 Å². The molecule has 2 aromatic rings. The lowest BCUT2D eigenvalue weighted by molar-refractivity contribution is 0.00149. The van der Waals surface area contributed by atoms with Crippen molar-refractivity contribution in [3.8, 4) is 0 Å². The maximum absolute atomic E-state index is 12.9. The maximum atomic E-state index is 12.9. The second kappa shape index (κ2) is 4.94. The molecule has 126 valence electrons. The van der Waals surface area contributed by atoms with Gasteiger partial charge >= 0.3 is 0 Å². The molecule has 1 N–H and O–H groups in total. The predicted octanol–water partition coefficient (Wildman–Crippen LogP) is 1.60. The summed E-state index contributed by atoms with van der Waals surface area (Å²) in [6.45, 7) is 1.36. The Hall–Kier alpha value is -1.63. The van der Waals surface area contributed by atoms with Gasteiger partial charge in [0.1, 0.15) is 11.3 Å². The minimum atomic E-state index is -0.254. The summed E-state index contributed by atoms with van der Waals surface area (Å²) in [4.78, 5) is 19.1. The molecule has 7 heteroatoms. The molecule has 5 rings (SSSR count). The molecule has 0 unspecified atom stereocenters. The lowest BCUT2D eigenvalue weighted by atomic mass is 9.74. The molecule has 1 amide bonds. The zero-order valence-corrected chi connectivity index (χ0v) is 13.8. The summed E-state index contributed by atoms with van der Waals surface area (Å²) in [5, 5.41) is 10.3. The quantitative estimate of drug-likeness (QED) is 0.896. The highest BCUT2D eigenvalue weighted by Crippen LogP contribution is 2.54. The number of hydrogen-bond acceptors (Lipinski definition) is 4. The van der Waals surface area contributed by atoms with Gasteiger partial charge in [0, 0.05) is 37.4 Å². The van der Waals surface area contributed by atoms with E-state index in [0.29, 0.717) is 29.5 Å². The number of carbonyl (C=O) groups excluding carboxylic acids is 1. The SMILES string of the molecule is O=C(c1cn2cc(Cl)ccc2n1)N1C[C@H]2[C@@H](CO)[C@@H]3CC[C@@]2(C1)O3. The number of likely N-dealkylation sites (tertiary alicyclic amines) is 1. The number of nitrogens with zero attached hydrogens (tertiary/aromatic N) is 3. The number of hydrogen-bond donors (Lipinski definition) is 1. The van der Waals surface area contributed by atoms with Crippen LogP contribution >= 0.6 is 11.6 Å². The number of carbonyl (C=O) groups is 1. The molecule has 0 aliphatic carbocycles. The molecule has 2 bridgehead atoms. The second-order valence-electron chi connectivity index (χ2n) is 7.14. The van der Waals surface area contributed by atoms with Gasteiger partial charge in [0.2, 0.25) is 0 Å². The Kier molecular flexibility index (Phi) is 3.02. The van der Waals surface area contributed by atoms with Gasteiger partial charge in [-0.3, -0.25) is 4.79 Å².